The zero-order valence-corrected chi connectivity index (χ0v) is 11.2. The number of likely N-dealkylation sites (N-methyl/N-ethyl adjacent to an activating group) is 1. The van der Waals surface area contributed by atoms with Gasteiger partial charge < -0.3 is 10.6 Å². The van der Waals surface area contributed by atoms with Crippen LogP contribution in [0.1, 0.15) is 39.5 Å². The summed E-state index contributed by atoms with van der Waals surface area (Å²) in [6, 6.07) is 0.337. The van der Waals surface area contributed by atoms with Crippen LogP contribution in [0.3, 0.4) is 0 Å². The van der Waals surface area contributed by atoms with Crippen molar-refractivity contribution in [3.8, 4) is 0 Å². The lowest BCUT2D eigenvalue weighted by atomic mass is 9.88. The number of nitrogens with zero attached hydrogens (tertiary/aromatic N) is 1. The molecule has 0 heterocycles. The molecule has 0 aromatic rings. The zero-order chi connectivity index (χ0) is 11.7. The molecule has 2 N–H and O–H groups in total. The Balaban J connectivity index is 1.73. The molecular weight excluding hydrogens is 196 g/mol. The lowest BCUT2D eigenvalue weighted by Crippen LogP contribution is -2.41. The van der Waals surface area contributed by atoms with Crippen LogP contribution >= 0.6 is 0 Å². The van der Waals surface area contributed by atoms with E-state index in [0.29, 0.717) is 12.0 Å². The quantitative estimate of drug-likeness (QED) is 0.776. The Kier molecular flexibility index (Phi) is 3.91. The Morgan fingerprint density at radius 2 is 2.00 bits per heavy atom. The predicted molar refractivity (Wildman–Crippen MR) is 69.2 cm³/mol. The lowest BCUT2D eigenvalue weighted by molar-refractivity contribution is 0.202. The Bertz CT molecular complexity index is 227. The standard InChI is InChI=1S/C14H28N2/c1-10(2)14(15)9-16(3)8-13-7-11-4-5-12(13)6-11/h10-14H,4-9,15H2,1-3H3. The van der Waals surface area contributed by atoms with Crippen LogP contribution in [-0.4, -0.2) is 31.1 Å². The van der Waals surface area contributed by atoms with Gasteiger partial charge >= 0.3 is 0 Å². The molecule has 0 aromatic heterocycles. The fraction of sp³-hybridized carbons (Fsp3) is 1.00. The normalized spacial score (nSPS) is 35.2. The molecule has 2 aliphatic rings. The average molecular weight is 224 g/mol. The predicted octanol–water partition coefficient (Wildman–Crippen LogP) is 2.34. The Morgan fingerprint density at radius 3 is 2.50 bits per heavy atom. The largest absolute Gasteiger partial charge is 0.326 e. The van der Waals surface area contributed by atoms with E-state index in [1.807, 2.05) is 0 Å². The van der Waals surface area contributed by atoms with Crippen molar-refractivity contribution >= 4 is 0 Å². The molecule has 0 radical (unpaired) electrons. The maximum Gasteiger partial charge on any atom is 0.0191 e. The molecule has 94 valence electrons. The van der Waals surface area contributed by atoms with Gasteiger partial charge in [-0.05, 0) is 50.0 Å². The minimum Gasteiger partial charge on any atom is -0.326 e. The van der Waals surface area contributed by atoms with Crippen molar-refractivity contribution in [3.05, 3.63) is 0 Å². The monoisotopic (exact) mass is 224 g/mol. The van der Waals surface area contributed by atoms with Crippen molar-refractivity contribution in [1.29, 1.82) is 0 Å². The number of nitrogens with two attached hydrogens (primary N) is 1. The van der Waals surface area contributed by atoms with Gasteiger partial charge in [0.2, 0.25) is 0 Å². The molecule has 2 aliphatic carbocycles. The molecule has 2 fully saturated rings. The van der Waals surface area contributed by atoms with Gasteiger partial charge in [-0.3, -0.25) is 0 Å². The van der Waals surface area contributed by atoms with Gasteiger partial charge in [0, 0.05) is 19.1 Å². The van der Waals surface area contributed by atoms with E-state index < -0.39 is 0 Å². The van der Waals surface area contributed by atoms with Crippen LogP contribution in [0.4, 0.5) is 0 Å². The first-order valence-electron chi connectivity index (χ1n) is 7.00. The summed E-state index contributed by atoms with van der Waals surface area (Å²) in [6.45, 7) is 6.78. The van der Waals surface area contributed by atoms with E-state index >= 15 is 0 Å². The third-order valence-corrected chi connectivity index (χ3v) is 4.81. The van der Waals surface area contributed by atoms with Gasteiger partial charge in [-0.25, -0.2) is 0 Å². The Hall–Kier alpha value is -0.0800. The first-order chi connectivity index (χ1) is 7.56. The van der Waals surface area contributed by atoms with Crippen molar-refractivity contribution in [1.82, 2.24) is 4.90 Å². The summed E-state index contributed by atoms with van der Waals surface area (Å²) in [5, 5.41) is 0. The smallest absolute Gasteiger partial charge is 0.0191 e. The van der Waals surface area contributed by atoms with Crippen molar-refractivity contribution < 1.29 is 0 Å². The van der Waals surface area contributed by atoms with Gasteiger partial charge in [0.1, 0.15) is 0 Å². The Morgan fingerprint density at radius 1 is 1.25 bits per heavy atom. The van der Waals surface area contributed by atoms with Gasteiger partial charge in [0.25, 0.3) is 0 Å². The number of fused-ring (bicyclic) bond motifs is 2. The van der Waals surface area contributed by atoms with E-state index in [2.05, 4.69) is 25.8 Å². The molecule has 0 aromatic carbocycles. The molecule has 4 atom stereocenters. The van der Waals surface area contributed by atoms with Crippen LogP contribution in [0.5, 0.6) is 0 Å². The van der Waals surface area contributed by atoms with Gasteiger partial charge in [-0.2, -0.15) is 0 Å². The third kappa shape index (κ3) is 2.78. The van der Waals surface area contributed by atoms with Crippen LogP contribution in [0.2, 0.25) is 0 Å². The fourth-order valence-corrected chi connectivity index (χ4v) is 3.65. The number of rotatable bonds is 5. The summed E-state index contributed by atoms with van der Waals surface area (Å²) in [5.41, 5.74) is 6.13. The molecule has 0 aliphatic heterocycles. The fourth-order valence-electron chi connectivity index (χ4n) is 3.65. The van der Waals surface area contributed by atoms with Crippen LogP contribution < -0.4 is 5.73 Å². The second-order valence-corrected chi connectivity index (χ2v) is 6.56. The summed E-state index contributed by atoms with van der Waals surface area (Å²) >= 11 is 0. The second-order valence-electron chi connectivity index (χ2n) is 6.56. The van der Waals surface area contributed by atoms with Gasteiger partial charge in [-0.15, -0.1) is 0 Å². The van der Waals surface area contributed by atoms with Crippen LogP contribution in [0, 0.1) is 23.7 Å². The third-order valence-electron chi connectivity index (χ3n) is 4.81. The van der Waals surface area contributed by atoms with Crippen molar-refractivity contribution in [2.75, 3.05) is 20.1 Å². The van der Waals surface area contributed by atoms with Gasteiger partial charge in [0.15, 0.2) is 0 Å². The average Bonchev–Trinajstić information content (AvgIpc) is 2.78. The maximum atomic E-state index is 6.13. The minimum absolute atomic E-state index is 0.337. The van der Waals surface area contributed by atoms with E-state index in [-0.39, 0.29) is 0 Å². The highest BCUT2D eigenvalue weighted by Gasteiger charge is 2.39. The summed E-state index contributed by atoms with van der Waals surface area (Å²) in [5.74, 6) is 3.69. The first kappa shape index (κ1) is 12.4. The van der Waals surface area contributed by atoms with Crippen molar-refractivity contribution in [2.24, 2.45) is 29.4 Å². The van der Waals surface area contributed by atoms with E-state index in [1.54, 1.807) is 0 Å². The Labute approximate surface area is 101 Å². The van der Waals surface area contributed by atoms with E-state index in [0.717, 1.165) is 24.3 Å². The highest BCUT2D eigenvalue weighted by molar-refractivity contribution is 4.91. The molecule has 2 rings (SSSR count). The minimum atomic E-state index is 0.337. The topological polar surface area (TPSA) is 29.3 Å². The molecule has 0 saturated heterocycles. The molecule has 4 unspecified atom stereocenters. The first-order valence-corrected chi connectivity index (χ1v) is 7.00. The maximum absolute atomic E-state index is 6.13. The molecular formula is C14H28N2. The zero-order valence-electron chi connectivity index (χ0n) is 11.2. The van der Waals surface area contributed by atoms with E-state index in [1.165, 1.54) is 32.2 Å². The number of hydrogen-bond acceptors (Lipinski definition) is 2. The molecule has 2 bridgehead atoms. The van der Waals surface area contributed by atoms with Crippen molar-refractivity contribution in [3.63, 3.8) is 0 Å². The lowest BCUT2D eigenvalue weighted by Gasteiger charge is -2.29. The number of hydrogen-bond donors (Lipinski definition) is 1. The highest BCUT2D eigenvalue weighted by Crippen LogP contribution is 2.48. The van der Waals surface area contributed by atoms with Gasteiger partial charge in [-0.1, -0.05) is 20.3 Å². The summed E-state index contributed by atoms with van der Waals surface area (Å²) in [4.78, 5) is 2.47. The molecule has 0 spiro atoms. The second kappa shape index (κ2) is 5.05. The van der Waals surface area contributed by atoms with Gasteiger partial charge in [0.05, 0.1) is 0 Å². The van der Waals surface area contributed by atoms with E-state index in [9.17, 15) is 0 Å². The molecule has 16 heavy (non-hydrogen) atoms. The SMILES string of the molecule is CC(C)C(N)CN(C)CC1CC2CCC1C2. The summed E-state index contributed by atoms with van der Waals surface area (Å²) < 4.78 is 0. The molecule has 0 amide bonds. The van der Waals surface area contributed by atoms with Crippen LogP contribution in [0.15, 0.2) is 0 Å². The molecule has 2 heteroatoms. The molecule has 2 saturated carbocycles. The summed E-state index contributed by atoms with van der Waals surface area (Å²) in [6.07, 6.45) is 6.02. The molecule has 2 nitrogen and oxygen atoms in total. The van der Waals surface area contributed by atoms with Crippen molar-refractivity contribution in [2.45, 2.75) is 45.6 Å². The van der Waals surface area contributed by atoms with Crippen LogP contribution in [0.25, 0.3) is 0 Å². The highest BCUT2D eigenvalue weighted by atomic mass is 15.1. The van der Waals surface area contributed by atoms with Crippen LogP contribution in [-0.2, 0) is 0 Å². The van der Waals surface area contributed by atoms with E-state index in [4.69, 9.17) is 5.73 Å². The summed E-state index contributed by atoms with van der Waals surface area (Å²) in [7, 11) is 2.24.